The van der Waals surface area contributed by atoms with E-state index in [0.29, 0.717) is 35.7 Å². The summed E-state index contributed by atoms with van der Waals surface area (Å²) in [4.78, 5) is 45.9. The third-order valence-electron chi connectivity index (χ3n) is 5.86. The first kappa shape index (κ1) is 20.1. The largest absolute Gasteiger partial charge is 0.341 e. The van der Waals surface area contributed by atoms with Crippen LogP contribution in [0.25, 0.3) is 16.7 Å². The predicted octanol–water partition coefficient (Wildman–Crippen LogP) is 2.42. The van der Waals surface area contributed by atoms with E-state index in [1.165, 1.54) is 4.57 Å². The SMILES string of the molecule is Cc1cc(C)c2c(=O)n(CC(=O)N3CCC(C)CC3)c(=O)n(-c3ccccc3)c2n1. The van der Waals surface area contributed by atoms with E-state index in [0.717, 1.165) is 28.7 Å². The summed E-state index contributed by atoms with van der Waals surface area (Å²) < 4.78 is 2.49. The van der Waals surface area contributed by atoms with Gasteiger partial charge < -0.3 is 4.90 Å². The molecule has 7 heteroatoms. The van der Waals surface area contributed by atoms with Gasteiger partial charge in [0.15, 0.2) is 5.65 Å². The third kappa shape index (κ3) is 3.56. The number of piperidine rings is 1. The number of aromatic nitrogens is 3. The van der Waals surface area contributed by atoms with Gasteiger partial charge in [-0.3, -0.25) is 9.59 Å². The molecule has 1 fully saturated rings. The topological polar surface area (TPSA) is 77.2 Å². The highest BCUT2D eigenvalue weighted by molar-refractivity contribution is 5.81. The predicted molar refractivity (Wildman–Crippen MR) is 116 cm³/mol. The van der Waals surface area contributed by atoms with Crippen molar-refractivity contribution in [2.24, 2.45) is 5.92 Å². The summed E-state index contributed by atoms with van der Waals surface area (Å²) in [7, 11) is 0. The second-order valence-corrected chi connectivity index (χ2v) is 8.19. The molecule has 0 unspecified atom stereocenters. The molecule has 30 heavy (non-hydrogen) atoms. The lowest BCUT2D eigenvalue weighted by molar-refractivity contribution is -0.133. The van der Waals surface area contributed by atoms with Gasteiger partial charge in [-0.25, -0.2) is 18.9 Å². The Kier molecular flexibility index (Phi) is 5.28. The number of benzene rings is 1. The molecule has 0 saturated carbocycles. The van der Waals surface area contributed by atoms with Crippen molar-refractivity contribution in [3.8, 4) is 5.69 Å². The number of para-hydroxylation sites is 1. The molecule has 3 heterocycles. The van der Waals surface area contributed by atoms with Gasteiger partial charge in [0.1, 0.15) is 6.54 Å². The first-order valence-corrected chi connectivity index (χ1v) is 10.3. The van der Waals surface area contributed by atoms with Crippen LogP contribution >= 0.6 is 0 Å². The minimum Gasteiger partial charge on any atom is -0.341 e. The number of hydrogen-bond acceptors (Lipinski definition) is 4. The smallest absolute Gasteiger partial charge is 0.337 e. The Bertz CT molecular complexity index is 1220. The summed E-state index contributed by atoms with van der Waals surface area (Å²) in [6.45, 7) is 6.90. The lowest BCUT2D eigenvalue weighted by Crippen LogP contribution is -2.46. The normalized spacial score (nSPS) is 15.0. The van der Waals surface area contributed by atoms with E-state index < -0.39 is 11.2 Å². The van der Waals surface area contributed by atoms with E-state index >= 15 is 0 Å². The van der Waals surface area contributed by atoms with E-state index in [1.807, 2.05) is 38.1 Å². The number of hydrogen-bond donors (Lipinski definition) is 0. The molecule has 3 aromatic rings. The highest BCUT2D eigenvalue weighted by Crippen LogP contribution is 2.18. The van der Waals surface area contributed by atoms with Gasteiger partial charge >= 0.3 is 5.69 Å². The minimum atomic E-state index is -0.546. The Labute approximate surface area is 174 Å². The number of fused-ring (bicyclic) bond motifs is 1. The highest BCUT2D eigenvalue weighted by atomic mass is 16.2. The van der Waals surface area contributed by atoms with Gasteiger partial charge in [0.2, 0.25) is 5.91 Å². The van der Waals surface area contributed by atoms with Crippen LogP contribution in [0.1, 0.15) is 31.0 Å². The molecule has 0 N–H and O–H groups in total. The summed E-state index contributed by atoms with van der Waals surface area (Å²) in [6, 6.07) is 10.9. The Morgan fingerprint density at radius 3 is 2.43 bits per heavy atom. The van der Waals surface area contributed by atoms with Crippen molar-refractivity contribution in [3.05, 3.63) is 68.5 Å². The highest BCUT2D eigenvalue weighted by Gasteiger charge is 2.24. The Hall–Kier alpha value is -3.22. The van der Waals surface area contributed by atoms with Crippen molar-refractivity contribution in [3.63, 3.8) is 0 Å². The molecule has 1 saturated heterocycles. The van der Waals surface area contributed by atoms with Crippen LogP contribution in [-0.4, -0.2) is 38.0 Å². The summed E-state index contributed by atoms with van der Waals surface area (Å²) in [6.07, 6.45) is 1.88. The maximum Gasteiger partial charge on any atom is 0.337 e. The first-order chi connectivity index (χ1) is 14.4. The van der Waals surface area contributed by atoms with E-state index in [9.17, 15) is 14.4 Å². The minimum absolute atomic E-state index is 0.196. The van der Waals surface area contributed by atoms with Gasteiger partial charge in [0.25, 0.3) is 5.56 Å². The fraction of sp³-hybridized carbons (Fsp3) is 0.391. The van der Waals surface area contributed by atoms with E-state index in [1.54, 1.807) is 17.0 Å². The number of carbonyl (C=O) groups is 1. The zero-order valence-electron chi connectivity index (χ0n) is 17.6. The molecule has 0 radical (unpaired) electrons. The molecular formula is C23H26N4O3. The van der Waals surface area contributed by atoms with Gasteiger partial charge in [-0.15, -0.1) is 0 Å². The average Bonchev–Trinajstić information content (AvgIpc) is 2.71. The number of rotatable bonds is 3. The number of aryl methyl sites for hydroxylation is 2. The molecule has 0 atom stereocenters. The van der Waals surface area contributed by atoms with Crippen molar-refractivity contribution in [1.29, 1.82) is 0 Å². The number of likely N-dealkylation sites (tertiary alicyclic amines) is 1. The van der Waals surface area contributed by atoms with Gasteiger partial charge in [0, 0.05) is 18.8 Å². The Morgan fingerprint density at radius 1 is 1.10 bits per heavy atom. The molecule has 2 aromatic heterocycles. The van der Waals surface area contributed by atoms with Crippen LogP contribution in [0, 0.1) is 19.8 Å². The lowest BCUT2D eigenvalue weighted by atomic mass is 9.99. The maximum absolute atomic E-state index is 13.4. The summed E-state index contributed by atoms with van der Waals surface area (Å²) in [5.41, 5.74) is 1.38. The van der Waals surface area contributed by atoms with Crippen LogP contribution in [-0.2, 0) is 11.3 Å². The van der Waals surface area contributed by atoms with Gasteiger partial charge in [-0.05, 0) is 56.4 Å². The van der Waals surface area contributed by atoms with Gasteiger partial charge in [0.05, 0.1) is 11.1 Å². The zero-order chi connectivity index (χ0) is 21.4. The van der Waals surface area contributed by atoms with Crippen molar-refractivity contribution in [2.75, 3.05) is 13.1 Å². The summed E-state index contributed by atoms with van der Waals surface area (Å²) >= 11 is 0. The van der Waals surface area contributed by atoms with Crippen molar-refractivity contribution in [1.82, 2.24) is 19.0 Å². The fourth-order valence-electron chi connectivity index (χ4n) is 4.12. The third-order valence-corrected chi connectivity index (χ3v) is 5.86. The second-order valence-electron chi connectivity index (χ2n) is 8.19. The van der Waals surface area contributed by atoms with Gasteiger partial charge in [-0.1, -0.05) is 25.1 Å². The Balaban J connectivity index is 1.89. The molecule has 0 spiro atoms. The monoisotopic (exact) mass is 406 g/mol. The van der Waals surface area contributed by atoms with Crippen molar-refractivity contribution >= 4 is 16.9 Å². The fourth-order valence-corrected chi connectivity index (χ4v) is 4.12. The van der Waals surface area contributed by atoms with E-state index in [4.69, 9.17) is 0 Å². The van der Waals surface area contributed by atoms with Crippen LogP contribution < -0.4 is 11.2 Å². The molecule has 1 aliphatic heterocycles. The van der Waals surface area contributed by atoms with Crippen LogP contribution in [0.4, 0.5) is 0 Å². The average molecular weight is 406 g/mol. The lowest BCUT2D eigenvalue weighted by Gasteiger charge is -2.30. The standard InChI is InChI=1S/C23H26N4O3/c1-15-9-11-25(12-10-15)19(28)14-26-22(29)20-16(2)13-17(3)24-21(20)27(23(26)30)18-7-5-4-6-8-18/h4-8,13,15H,9-12,14H2,1-3H3. The Morgan fingerprint density at radius 2 is 1.77 bits per heavy atom. The summed E-state index contributed by atoms with van der Waals surface area (Å²) in [5, 5.41) is 0.365. The molecule has 7 nitrogen and oxygen atoms in total. The molecule has 0 bridgehead atoms. The molecule has 1 aliphatic rings. The molecule has 0 aliphatic carbocycles. The van der Waals surface area contributed by atoms with Crippen molar-refractivity contribution in [2.45, 2.75) is 40.2 Å². The second kappa shape index (κ2) is 7.89. The molecule has 1 amide bonds. The van der Waals surface area contributed by atoms with E-state index in [-0.39, 0.29) is 12.5 Å². The number of carbonyl (C=O) groups excluding carboxylic acids is 1. The molecule has 156 valence electrons. The quantitative estimate of drug-likeness (QED) is 0.669. The van der Waals surface area contributed by atoms with Crippen LogP contribution in [0.3, 0.4) is 0 Å². The van der Waals surface area contributed by atoms with E-state index in [2.05, 4.69) is 11.9 Å². The maximum atomic E-state index is 13.4. The summed E-state index contributed by atoms with van der Waals surface area (Å²) in [5.74, 6) is 0.391. The first-order valence-electron chi connectivity index (χ1n) is 10.3. The number of pyridine rings is 1. The van der Waals surface area contributed by atoms with Crippen LogP contribution in [0.5, 0.6) is 0 Å². The zero-order valence-corrected chi connectivity index (χ0v) is 17.6. The van der Waals surface area contributed by atoms with Crippen molar-refractivity contribution < 1.29 is 4.79 Å². The molecule has 1 aromatic carbocycles. The van der Waals surface area contributed by atoms with Crippen LogP contribution in [0.15, 0.2) is 46.0 Å². The number of nitrogens with zero attached hydrogens (tertiary/aromatic N) is 4. The van der Waals surface area contributed by atoms with Gasteiger partial charge in [-0.2, -0.15) is 0 Å². The number of amides is 1. The molecular weight excluding hydrogens is 380 g/mol. The molecule has 4 rings (SSSR count). The van der Waals surface area contributed by atoms with Crippen LogP contribution in [0.2, 0.25) is 0 Å².